The Morgan fingerprint density at radius 2 is 1.97 bits per heavy atom. The summed E-state index contributed by atoms with van der Waals surface area (Å²) in [7, 11) is 0. The number of carbonyl (C=O) groups is 1. The molecule has 7 nitrogen and oxygen atoms in total. The van der Waals surface area contributed by atoms with Gasteiger partial charge in [-0.3, -0.25) is 10.6 Å². The van der Waals surface area contributed by atoms with Crippen LogP contribution in [0.1, 0.15) is 45.4 Å². The molecule has 4 unspecified atom stereocenters. The maximum atomic E-state index is 12.5. The summed E-state index contributed by atoms with van der Waals surface area (Å²) in [5, 5.41) is 22.3. The monoisotopic (exact) mass is 424 g/mol. The molecule has 4 rings (SSSR count). The van der Waals surface area contributed by atoms with Crippen molar-refractivity contribution in [2.75, 3.05) is 18.4 Å². The fourth-order valence-corrected chi connectivity index (χ4v) is 4.61. The van der Waals surface area contributed by atoms with Crippen LogP contribution in [0.4, 0.5) is 10.5 Å². The molecule has 2 aromatic carbocycles. The number of rotatable bonds is 7. The smallest absolute Gasteiger partial charge is 0.314 e. The number of anilines is 1. The second kappa shape index (κ2) is 10.9. The molecular weight excluding hydrogens is 388 g/mol. The van der Waals surface area contributed by atoms with Crippen molar-refractivity contribution < 1.29 is 4.79 Å². The summed E-state index contributed by atoms with van der Waals surface area (Å²) >= 11 is 0. The fourth-order valence-electron chi connectivity index (χ4n) is 4.61. The Hall–Kier alpha value is -2.19. The summed E-state index contributed by atoms with van der Waals surface area (Å²) in [6.07, 6.45) is 7.25. The summed E-state index contributed by atoms with van der Waals surface area (Å²) in [4.78, 5) is 12.5. The van der Waals surface area contributed by atoms with Crippen LogP contribution in [0, 0.1) is 0 Å². The molecule has 7 heteroatoms. The van der Waals surface area contributed by atoms with Gasteiger partial charge in [0.25, 0.3) is 0 Å². The number of hydrogen-bond acceptors (Lipinski definition) is 5. The summed E-state index contributed by atoms with van der Waals surface area (Å²) in [5.41, 5.74) is 0.783. The Bertz CT molecular complexity index is 853. The average Bonchev–Trinajstić information content (AvgIpc) is 2.77. The van der Waals surface area contributed by atoms with E-state index in [0.717, 1.165) is 35.8 Å². The topological polar surface area (TPSA) is 89.2 Å². The first-order valence-electron chi connectivity index (χ1n) is 11.7. The minimum atomic E-state index is -0.276. The van der Waals surface area contributed by atoms with Crippen molar-refractivity contribution in [2.24, 2.45) is 0 Å². The average molecular weight is 425 g/mol. The van der Waals surface area contributed by atoms with E-state index in [4.69, 9.17) is 0 Å². The van der Waals surface area contributed by atoms with Gasteiger partial charge in [-0.15, -0.1) is 0 Å². The van der Waals surface area contributed by atoms with Gasteiger partial charge in [0.05, 0.1) is 6.17 Å². The zero-order valence-corrected chi connectivity index (χ0v) is 18.4. The van der Waals surface area contributed by atoms with E-state index < -0.39 is 0 Å². The first kappa shape index (κ1) is 22.0. The molecular formula is C24H36N6O. The molecule has 2 heterocycles. The lowest BCUT2D eigenvalue weighted by Gasteiger charge is -2.37. The first-order valence-corrected chi connectivity index (χ1v) is 11.7. The lowest BCUT2D eigenvalue weighted by Crippen LogP contribution is -2.67. The van der Waals surface area contributed by atoms with E-state index in [0.29, 0.717) is 12.1 Å². The third-order valence-electron chi connectivity index (χ3n) is 6.22. The van der Waals surface area contributed by atoms with Crippen LogP contribution in [0.15, 0.2) is 42.5 Å². The summed E-state index contributed by atoms with van der Waals surface area (Å²) < 4.78 is 0. The van der Waals surface area contributed by atoms with Gasteiger partial charge in [-0.2, -0.15) is 0 Å². The Kier molecular flexibility index (Phi) is 7.75. The molecule has 2 fully saturated rings. The van der Waals surface area contributed by atoms with Gasteiger partial charge in [0.1, 0.15) is 6.29 Å². The Balaban J connectivity index is 1.21. The summed E-state index contributed by atoms with van der Waals surface area (Å²) in [6.45, 7) is 4.30. The number of nitrogens with one attached hydrogen (secondary N) is 6. The van der Waals surface area contributed by atoms with Crippen molar-refractivity contribution in [1.82, 2.24) is 26.6 Å². The van der Waals surface area contributed by atoms with Crippen molar-refractivity contribution in [3.63, 3.8) is 0 Å². The largest absolute Gasteiger partial charge is 0.321 e. The van der Waals surface area contributed by atoms with E-state index in [2.05, 4.69) is 44.9 Å². The fraction of sp³-hybridized carbons (Fsp3) is 0.542. The number of carbonyl (C=O) groups excluding carboxylic acids is 1. The number of piperidine rings is 1. The van der Waals surface area contributed by atoms with Crippen molar-refractivity contribution >= 4 is 22.5 Å². The number of benzene rings is 2. The molecule has 2 aliphatic heterocycles. The van der Waals surface area contributed by atoms with Crippen molar-refractivity contribution in [3.05, 3.63) is 42.5 Å². The lowest BCUT2D eigenvalue weighted by atomic mass is 10.0. The standard InChI is InChI=1S/C24H36N6O/c1-17-15-22(26-14-6-10-20-9-4-5-13-25-20)29-23(27-17)30-24(31)28-21-12-11-18-7-2-3-8-19(18)16-21/h2-3,7-8,11-12,16-17,20,22-23,25-27,29H,4-6,9-10,13-15H2,1H3,(H2,28,30,31). The van der Waals surface area contributed by atoms with Gasteiger partial charge >= 0.3 is 6.03 Å². The predicted octanol–water partition coefficient (Wildman–Crippen LogP) is 3.05. The van der Waals surface area contributed by atoms with Gasteiger partial charge in [-0.1, -0.05) is 36.8 Å². The molecule has 0 saturated carbocycles. The third kappa shape index (κ3) is 6.64. The lowest BCUT2D eigenvalue weighted by molar-refractivity contribution is 0.193. The molecule has 0 aromatic heterocycles. The van der Waals surface area contributed by atoms with Crippen LogP contribution in [-0.2, 0) is 0 Å². The van der Waals surface area contributed by atoms with Crippen LogP contribution in [0.3, 0.4) is 0 Å². The van der Waals surface area contributed by atoms with Crippen LogP contribution >= 0.6 is 0 Å². The minimum Gasteiger partial charge on any atom is -0.314 e. The molecule has 0 spiro atoms. The summed E-state index contributed by atoms with van der Waals surface area (Å²) in [6, 6.07) is 14.8. The number of hydrogen-bond donors (Lipinski definition) is 6. The maximum Gasteiger partial charge on any atom is 0.321 e. The van der Waals surface area contributed by atoms with Gasteiger partial charge < -0.3 is 21.3 Å². The first-order chi connectivity index (χ1) is 15.2. The molecule has 2 saturated heterocycles. The van der Waals surface area contributed by atoms with Crippen LogP contribution in [0.25, 0.3) is 10.8 Å². The molecule has 2 amide bonds. The van der Waals surface area contributed by atoms with E-state index >= 15 is 0 Å². The Labute approximate surface area is 185 Å². The third-order valence-corrected chi connectivity index (χ3v) is 6.22. The molecule has 0 bridgehead atoms. The van der Waals surface area contributed by atoms with Gasteiger partial charge in [0.2, 0.25) is 0 Å². The molecule has 4 atom stereocenters. The van der Waals surface area contributed by atoms with E-state index in [-0.39, 0.29) is 18.5 Å². The van der Waals surface area contributed by atoms with Gasteiger partial charge in [-0.05, 0) is 75.0 Å². The second-order valence-corrected chi connectivity index (χ2v) is 8.86. The highest BCUT2D eigenvalue weighted by Gasteiger charge is 2.25. The van der Waals surface area contributed by atoms with Crippen molar-refractivity contribution in [1.29, 1.82) is 0 Å². The highest BCUT2D eigenvalue weighted by molar-refractivity contribution is 5.93. The molecule has 0 radical (unpaired) electrons. The Morgan fingerprint density at radius 1 is 1.10 bits per heavy atom. The van der Waals surface area contributed by atoms with E-state index in [1.165, 1.54) is 32.2 Å². The quantitative estimate of drug-likeness (QED) is 0.385. The molecule has 6 N–H and O–H groups in total. The highest BCUT2D eigenvalue weighted by Crippen LogP contribution is 2.18. The van der Waals surface area contributed by atoms with Crippen LogP contribution in [-0.4, -0.2) is 43.7 Å². The van der Waals surface area contributed by atoms with E-state index in [9.17, 15) is 4.79 Å². The van der Waals surface area contributed by atoms with E-state index in [1.807, 2.05) is 36.4 Å². The van der Waals surface area contributed by atoms with Gasteiger partial charge in [-0.25, -0.2) is 4.79 Å². The molecule has 2 aliphatic rings. The van der Waals surface area contributed by atoms with Gasteiger partial charge in [0.15, 0.2) is 0 Å². The van der Waals surface area contributed by atoms with E-state index in [1.54, 1.807) is 0 Å². The van der Waals surface area contributed by atoms with Crippen LogP contribution < -0.4 is 31.9 Å². The number of urea groups is 1. The number of amides is 2. The normalized spacial score (nSPS) is 26.5. The van der Waals surface area contributed by atoms with Crippen molar-refractivity contribution in [3.8, 4) is 0 Å². The van der Waals surface area contributed by atoms with Crippen LogP contribution in [0.5, 0.6) is 0 Å². The molecule has 2 aromatic rings. The summed E-state index contributed by atoms with van der Waals surface area (Å²) in [5.74, 6) is 0. The molecule has 168 valence electrons. The minimum absolute atomic E-state index is 0.182. The van der Waals surface area contributed by atoms with Crippen LogP contribution in [0.2, 0.25) is 0 Å². The zero-order chi connectivity index (χ0) is 21.5. The maximum absolute atomic E-state index is 12.5. The predicted molar refractivity (Wildman–Crippen MR) is 127 cm³/mol. The molecule has 31 heavy (non-hydrogen) atoms. The van der Waals surface area contributed by atoms with Gasteiger partial charge in [0, 0.05) is 17.8 Å². The number of fused-ring (bicyclic) bond motifs is 1. The highest BCUT2D eigenvalue weighted by atomic mass is 16.2. The van der Waals surface area contributed by atoms with Crippen molar-refractivity contribution in [2.45, 2.75) is 70.0 Å². The molecule has 0 aliphatic carbocycles. The SMILES string of the molecule is CC1CC(NCCCC2CCCCN2)NC(NC(=O)Nc2ccc3ccccc3c2)N1. The Morgan fingerprint density at radius 3 is 2.81 bits per heavy atom. The second-order valence-electron chi connectivity index (χ2n) is 8.86. The zero-order valence-electron chi connectivity index (χ0n) is 18.4.